The lowest BCUT2D eigenvalue weighted by atomic mass is 10.1. The van der Waals surface area contributed by atoms with E-state index in [1.807, 2.05) is 32.9 Å². The van der Waals surface area contributed by atoms with Gasteiger partial charge < -0.3 is 15.7 Å². The third-order valence-electron chi connectivity index (χ3n) is 2.77. The Bertz CT molecular complexity index is 651. The van der Waals surface area contributed by atoms with Gasteiger partial charge in [0.1, 0.15) is 5.75 Å². The van der Waals surface area contributed by atoms with Crippen molar-refractivity contribution in [2.45, 2.75) is 20.8 Å². The summed E-state index contributed by atoms with van der Waals surface area (Å²) in [5, 5.41) is 11.9. The topological polar surface area (TPSA) is 93.6 Å². The lowest BCUT2D eigenvalue weighted by Crippen LogP contribution is -2.17. The van der Waals surface area contributed by atoms with Crippen LogP contribution in [0.5, 0.6) is 11.6 Å². The summed E-state index contributed by atoms with van der Waals surface area (Å²) in [7, 11) is 0. The number of nitrogens with zero attached hydrogens (tertiary/aromatic N) is 3. The van der Waals surface area contributed by atoms with Crippen LogP contribution in [0, 0.1) is 20.8 Å². The summed E-state index contributed by atoms with van der Waals surface area (Å²) in [6.45, 7) is 5.59. The predicted molar refractivity (Wildman–Crippen MR) is 75.3 cm³/mol. The van der Waals surface area contributed by atoms with Gasteiger partial charge in [0.25, 0.3) is 0 Å². The number of nitrogens with two attached hydrogens (primary N) is 1. The number of hydrogen-bond donors (Lipinski definition) is 2. The molecule has 20 heavy (non-hydrogen) atoms. The molecule has 0 bridgehead atoms. The molecule has 0 fully saturated rings. The third-order valence-corrected chi connectivity index (χ3v) is 2.77. The quantitative estimate of drug-likeness (QED) is 0.387. The van der Waals surface area contributed by atoms with Gasteiger partial charge in [0.05, 0.1) is 11.8 Å². The number of oxime groups is 1. The van der Waals surface area contributed by atoms with Crippen LogP contribution < -0.4 is 10.5 Å². The van der Waals surface area contributed by atoms with Gasteiger partial charge in [-0.3, -0.25) is 4.98 Å². The molecule has 2 rings (SSSR count). The number of rotatable bonds is 3. The molecular formula is C14H16N4O2. The molecule has 3 N–H and O–H groups in total. The molecule has 0 saturated carbocycles. The number of hydrogen-bond acceptors (Lipinski definition) is 5. The zero-order valence-electron chi connectivity index (χ0n) is 11.6. The molecule has 2 heterocycles. The van der Waals surface area contributed by atoms with Crippen molar-refractivity contribution >= 4 is 5.84 Å². The van der Waals surface area contributed by atoms with Crippen LogP contribution in [0.1, 0.15) is 22.5 Å². The normalized spacial score (nSPS) is 11.4. The van der Waals surface area contributed by atoms with E-state index in [2.05, 4.69) is 15.1 Å². The van der Waals surface area contributed by atoms with Crippen molar-refractivity contribution in [1.29, 1.82) is 0 Å². The van der Waals surface area contributed by atoms with Gasteiger partial charge in [-0.05, 0) is 44.5 Å². The van der Waals surface area contributed by atoms with Crippen LogP contribution in [0.4, 0.5) is 0 Å². The van der Waals surface area contributed by atoms with Crippen molar-refractivity contribution in [3.8, 4) is 11.6 Å². The lowest BCUT2D eigenvalue weighted by molar-refractivity contribution is 0.318. The zero-order chi connectivity index (χ0) is 14.7. The second-order valence-electron chi connectivity index (χ2n) is 4.48. The number of ether oxygens (including phenoxy) is 1. The minimum atomic E-state index is -0.0370. The average molecular weight is 272 g/mol. The van der Waals surface area contributed by atoms with Crippen LogP contribution in [0.15, 0.2) is 29.6 Å². The third kappa shape index (κ3) is 2.85. The smallest absolute Gasteiger partial charge is 0.230 e. The maximum atomic E-state index is 8.88. The van der Waals surface area contributed by atoms with E-state index in [4.69, 9.17) is 15.7 Å². The fraction of sp³-hybridized carbons (Fsp3) is 0.214. The minimum Gasteiger partial charge on any atom is -0.437 e. The monoisotopic (exact) mass is 272 g/mol. The van der Waals surface area contributed by atoms with Gasteiger partial charge in [-0.15, -0.1) is 0 Å². The maximum absolute atomic E-state index is 8.88. The molecule has 0 radical (unpaired) electrons. The van der Waals surface area contributed by atoms with Gasteiger partial charge in [-0.25, -0.2) is 4.98 Å². The fourth-order valence-electron chi connectivity index (χ4n) is 1.86. The molecule has 0 aliphatic rings. The van der Waals surface area contributed by atoms with Crippen molar-refractivity contribution < 1.29 is 9.94 Å². The molecule has 2 aromatic rings. The first-order valence-electron chi connectivity index (χ1n) is 6.08. The first kappa shape index (κ1) is 13.8. The van der Waals surface area contributed by atoms with Crippen LogP contribution >= 0.6 is 0 Å². The van der Waals surface area contributed by atoms with E-state index in [1.165, 1.54) is 0 Å². The molecule has 0 atom stereocenters. The van der Waals surface area contributed by atoms with Crippen molar-refractivity contribution in [3.05, 3.63) is 46.9 Å². The van der Waals surface area contributed by atoms with Crippen molar-refractivity contribution in [3.63, 3.8) is 0 Å². The van der Waals surface area contributed by atoms with Crippen LogP contribution in [-0.2, 0) is 0 Å². The molecule has 2 aromatic heterocycles. The number of pyridine rings is 2. The average Bonchev–Trinajstić information content (AvgIpc) is 2.40. The van der Waals surface area contributed by atoms with Crippen LogP contribution in [0.25, 0.3) is 0 Å². The summed E-state index contributed by atoms with van der Waals surface area (Å²) in [6.07, 6.45) is 1.60. The van der Waals surface area contributed by atoms with Gasteiger partial charge in [0, 0.05) is 11.4 Å². The SMILES string of the molecule is Cc1ccc(Oc2nc(C)cc(C)c2C(N)=NO)cn1. The molecule has 104 valence electrons. The fourth-order valence-corrected chi connectivity index (χ4v) is 1.86. The first-order valence-corrected chi connectivity index (χ1v) is 6.08. The molecule has 0 aliphatic heterocycles. The van der Waals surface area contributed by atoms with E-state index < -0.39 is 0 Å². The summed E-state index contributed by atoms with van der Waals surface area (Å²) < 4.78 is 5.70. The number of aryl methyl sites for hydroxylation is 3. The van der Waals surface area contributed by atoms with E-state index in [0.717, 1.165) is 17.0 Å². The highest BCUT2D eigenvalue weighted by molar-refractivity contribution is 6.00. The van der Waals surface area contributed by atoms with E-state index in [1.54, 1.807) is 12.3 Å². The Morgan fingerprint density at radius 3 is 2.60 bits per heavy atom. The standard InChI is InChI=1S/C14H16N4O2/c1-8-6-10(3)17-14(12(8)13(15)18-19)20-11-5-4-9(2)16-7-11/h4-7,19H,1-3H3,(H2,15,18). The Balaban J connectivity index is 2.47. The molecule has 0 amide bonds. The molecular weight excluding hydrogens is 256 g/mol. The molecule has 0 unspecified atom stereocenters. The predicted octanol–water partition coefficient (Wildman–Crippen LogP) is 2.29. The van der Waals surface area contributed by atoms with Gasteiger partial charge in [0.15, 0.2) is 5.84 Å². The Kier molecular flexibility index (Phi) is 3.84. The summed E-state index contributed by atoms with van der Waals surface area (Å²) in [6, 6.07) is 5.46. The van der Waals surface area contributed by atoms with Gasteiger partial charge in [0.2, 0.25) is 5.88 Å². The molecule has 0 spiro atoms. The van der Waals surface area contributed by atoms with Crippen molar-refractivity contribution in [2.75, 3.05) is 0 Å². The van der Waals surface area contributed by atoms with Crippen molar-refractivity contribution in [2.24, 2.45) is 10.9 Å². The second-order valence-corrected chi connectivity index (χ2v) is 4.48. The second kappa shape index (κ2) is 5.56. The summed E-state index contributed by atoms with van der Waals surface area (Å²) in [5.74, 6) is 0.800. The van der Waals surface area contributed by atoms with Gasteiger partial charge in [-0.1, -0.05) is 5.16 Å². The molecule has 0 aliphatic carbocycles. The zero-order valence-corrected chi connectivity index (χ0v) is 11.6. The number of amidine groups is 1. The summed E-state index contributed by atoms with van der Waals surface area (Å²) in [4.78, 5) is 8.45. The first-order chi connectivity index (χ1) is 9.51. The van der Waals surface area contributed by atoms with E-state index >= 15 is 0 Å². The van der Waals surface area contributed by atoms with Crippen LogP contribution in [-0.4, -0.2) is 21.0 Å². The van der Waals surface area contributed by atoms with Gasteiger partial charge >= 0.3 is 0 Å². The summed E-state index contributed by atoms with van der Waals surface area (Å²) in [5.41, 5.74) is 8.66. The van der Waals surface area contributed by atoms with Crippen LogP contribution in [0.2, 0.25) is 0 Å². The lowest BCUT2D eigenvalue weighted by Gasteiger charge is -2.12. The highest BCUT2D eigenvalue weighted by Gasteiger charge is 2.15. The highest BCUT2D eigenvalue weighted by atomic mass is 16.5. The Morgan fingerprint density at radius 2 is 2.00 bits per heavy atom. The minimum absolute atomic E-state index is 0.0370. The van der Waals surface area contributed by atoms with E-state index in [-0.39, 0.29) is 5.84 Å². The van der Waals surface area contributed by atoms with Crippen LogP contribution in [0.3, 0.4) is 0 Å². The number of aromatic nitrogens is 2. The van der Waals surface area contributed by atoms with Gasteiger partial charge in [-0.2, -0.15) is 0 Å². The van der Waals surface area contributed by atoms with Crippen molar-refractivity contribution in [1.82, 2.24) is 9.97 Å². The highest BCUT2D eigenvalue weighted by Crippen LogP contribution is 2.26. The molecule has 6 heteroatoms. The summed E-state index contributed by atoms with van der Waals surface area (Å²) >= 11 is 0. The van der Waals surface area contributed by atoms with E-state index in [0.29, 0.717) is 17.2 Å². The largest absolute Gasteiger partial charge is 0.437 e. The Labute approximate surface area is 116 Å². The Hall–Kier alpha value is -2.63. The maximum Gasteiger partial charge on any atom is 0.230 e. The molecule has 6 nitrogen and oxygen atoms in total. The molecule has 0 aromatic carbocycles. The molecule has 0 saturated heterocycles. The Morgan fingerprint density at radius 1 is 1.25 bits per heavy atom. The van der Waals surface area contributed by atoms with E-state index in [9.17, 15) is 0 Å².